The molecule has 5 N–H and O–H groups in total. The molecule has 2 heterocycles. The van der Waals surface area contributed by atoms with E-state index >= 15 is 0 Å². The van der Waals surface area contributed by atoms with E-state index in [2.05, 4.69) is 20.7 Å². The van der Waals surface area contributed by atoms with Crippen LogP contribution in [0.4, 0.5) is 35.2 Å². The standard InChI is InChI=1S/C22H16Cl2F3N7O2/c23-15-6-5-13(7-16(15)24)33-21(36)32-12-3-1-11(2-4-12)17-14(20(35)29-9-22(25,26)27)8-34-18(17)19(28)30-10-31-34/h1-8,10H,9H2,(H,29,35)(H2,28,30,31)(H2,32,33,36). The molecule has 2 aromatic carbocycles. The third-order valence-corrected chi connectivity index (χ3v) is 5.64. The zero-order valence-corrected chi connectivity index (χ0v) is 19.5. The largest absolute Gasteiger partial charge is 0.405 e. The number of rotatable bonds is 5. The number of urea groups is 1. The van der Waals surface area contributed by atoms with Crippen molar-refractivity contribution < 1.29 is 22.8 Å². The Balaban J connectivity index is 1.59. The van der Waals surface area contributed by atoms with Crippen LogP contribution in [0.3, 0.4) is 0 Å². The number of anilines is 3. The molecule has 0 aliphatic carbocycles. The molecule has 0 aliphatic rings. The van der Waals surface area contributed by atoms with E-state index in [1.54, 1.807) is 30.3 Å². The number of amides is 3. The van der Waals surface area contributed by atoms with E-state index in [1.807, 2.05) is 5.32 Å². The third-order valence-electron chi connectivity index (χ3n) is 4.91. The number of benzene rings is 2. The highest BCUT2D eigenvalue weighted by Crippen LogP contribution is 2.33. The zero-order chi connectivity index (χ0) is 26.0. The molecule has 9 nitrogen and oxygen atoms in total. The van der Waals surface area contributed by atoms with Crippen molar-refractivity contribution in [3.05, 3.63) is 70.6 Å². The van der Waals surface area contributed by atoms with Gasteiger partial charge in [0.05, 0.1) is 15.6 Å². The van der Waals surface area contributed by atoms with Crippen LogP contribution in [0, 0.1) is 0 Å². The number of carbonyl (C=O) groups excluding carboxylic acids is 2. The van der Waals surface area contributed by atoms with Crippen molar-refractivity contribution in [3.63, 3.8) is 0 Å². The predicted octanol–water partition coefficient (Wildman–Crippen LogP) is 5.22. The van der Waals surface area contributed by atoms with E-state index in [1.165, 1.54) is 22.8 Å². The number of nitrogens with one attached hydrogen (secondary N) is 3. The lowest BCUT2D eigenvalue weighted by molar-refractivity contribution is -0.123. The Kier molecular flexibility index (Phi) is 6.91. The number of alkyl halides is 3. The minimum atomic E-state index is -4.58. The van der Waals surface area contributed by atoms with Crippen LogP contribution in [0.2, 0.25) is 10.0 Å². The average Bonchev–Trinajstić information content (AvgIpc) is 3.21. The fourth-order valence-electron chi connectivity index (χ4n) is 3.36. The van der Waals surface area contributed by atoms with Crippen molar-refractivity contribution in [2.75, 3.05) is 22.9 Å². The van der Waals surface area contributed by atoms with Crippen molar-refractivity contribution in [2.24, 2.45) is 0 Å². The molecule has 2 aromatic heterocycles. The summed E-state index contributed by atoms with van der Waals surface area (Å²) in [6.45, 7) is -1.50. The van der Waals surface area contributed by atoms with Crippen LogP contribution < -0.4 is 21.7 Å². The smallest absolute Gasteiger partial charge is 0.382 e. The van der Waals surface area contributed by atoms with Crippen LogP contribution in [-0.4, -0.2) is 39.3 Å². The summed E-state index contributed by atoms with van der Waals surface area (Å²) in [4.78, 5) is 28.8. The second-order valence-electron chi connectivity index (χ2n) is 7.44. The van der Waals surface area contributed by atoms with Gasteiger partial charge in [-0.1, -0.05) is 35.3 Å². The van der Waals surface area contributed by atoms with E-state index in [-0.39, 0.29) is 27.5 Å². The first-order valence-corrected chi connectivity index (χ1v) is 10.9. The fraction of sp³-hybridized carbons (Fsp3) is 0.0909. The van der Waals surface area contributed by atoms with E-state index < -0.39 is 24.7 Å². The highest BCUT2D eigenvalue weighted by Gasteiger charge is 2.29. The molecule has 36 heavy (non-hydrogen) atoms. The summed E-state index contributed by atoms with van der Waals surface area (Å²) in [5.41, 5.74) is 7.63. The van der Waals surface area contributed by atoms with E-state index in [9.17, 15) is 22.8 Å². The summed E-state index contributed by atoms with van der Waals surface area (Å²) in [6.07, 6.45) is -2.16. The van der Waals surface area contributed by atoms with E-state index in [0.717, 1.165) is 6.33 Å². The molecule has 0 unspecified atom stereocenters. The lowest BCUT2D eigenvalue weighted by Crippen LogP contribution is -2.33. The molecule has 0 atom stereocenters. The van der Waals surface area contributed by atoms with Gasteiger partial charge in [0.25, 0.3) is 5.91 Å². The lowest BCUT2D eigenvalue weighted by Gasteiger charge is -2.11. The Labute approximate surface area is 211 Å². The molecule has 3 amide bonds. The first-order chi connectivity index (χ1) is 17.0. The lowest BCUT2D eigenvalue weighted by atomic mass is 10.0. The fourth-order valence-corrected chi connectivity index (χ4v) is 3.66. The van der Waals surface area contributed by atoms with Crippen LogP contribution in [0.1, 0.15) is 10.4 Å². The monoisotopic (exact) mass is 537 g/mol. The van der Waals surface area contributed by atoms with Crippen molar-refractivity contribution >= 4 is 57.8 Å². The van der Waals surface area contributed by atoms with Gasteiger partial charge in [0.1, 0.15) is 18.4 Å². The second-order valence-corrected chi connectivity index (χ2v) is 8.25. The quantitative estimate of drug-likeness (QED) is 0.277. The summed E-state index contributed by atoms with van der Waals surface area (Å²) in [5, 5.41) is 11.7. The predicted molar refractivity (Wildman–Crippen MR) is 130 cm³/mol. The molecule has 0 saturated heterocycles. The molecule has 0 fully saturated rings. The molecule has 0 bridgehead atoms. The van der Waals surface area contributed by atoms with Crippen LogP contribution in [0.15, 0.2) is 55.0 Å². The Morgan fingerprint density at radius 2 is 1.67 bits per heavy atom. The van der Waals surface area contributed by atoms with Gasteiger partial charge in [0.15, 0.2) is 5.82 Å². The molecule has 4 aromatic rings. The zero-order valence-electron chi connectivity index (χ0n) is 18.0. The van der Waals surface area contributed by atoms with Gasteiger partial charge >= 0.3 is 12.2 Å². The van der Waals surface area contributed by atoms with Gasteiger partial charge < -0.3 is 21.7 Å². The van der Waals surface area contributed by atoms with Gasteiger partial charge in [-0.05, 0) is 35.9 Å². The maximum Gasteiger partial charge on any atom is 0.405 e. The SMILES string of the molecule is Nc1ncnn2cc(C(=O)NCC(F)(F)F)c(-c3ccc(NC(=O)Nc4ccc(Cl)c(Cl)c4)cc3)c12. The van der Waals surface area contributed by atoms with Crippen molar-refractivity contribution in [1.82, 2.24) is 19.9 Å². The molecule has 0 spiro atoms. The molecule has 14 heteroatoms. The maximum absolute atomic E-state index is 12.6. The van der Waals surface area contributed by atoms with Crippen molar-refractivity contribution in [3.8, 4) is 11.1 Å². The van der Waals surface area contributed by atoms with Gasteiger partial charge in [0, 0.05) is 23.1 Å². The normalized spacial score (nSPS) is 11.4. The number of nitrogen functional groups attached to an aromatic ring is 1. The Morgan fingerprint density at radius 3 is 2.33 bits per heavy atom. The summed E-state index contributed by atoms with van der Waals surface area (Å²) >= 11 is 11.8. The van der Waals surface area contributed by atoms with Crippen LogP contribution in [-0.2, 0) is 0 Å². The van der Waals surface area contributed by atoms with Gasteiger partial charge in [-0.2, -0.15) is 18.3 Å². The minimum absolute atomic E-state index is 0.0260. The number of nitrogens with two attached hydrogens (primary N) is 1. The topological polar surface area (TPSA) is 126 Å². The Hall–Kier alpha value is -4.03. The minimum Gasteiger partial charge on any atom is -0.382 e. The number of carbonyl (C=O) groups is 2. The molecule has 4 rings (SSSR count). The number of fused-ring (bicyclic) bond motifs is 1. The van der Waals surface area contributed by atoms with Gasteiger partial charge in [-0.3, -0.25) is 4.79 Å². The molecular weight excluding hydrogens is 522 g/mol. The highest BCUT2D eigenvalue weighted by molar-refractivity contribution is 6.42. The summed E-state index contributed by atoms with van der Waals surface area (Å²) < 4.78 is 39.2. The first-order valence-electron chi connectivity index (χ1n) is 10.1. The number of nitrogens with zero attached hydrogens (tertiary/aromatic N) is 3. The molecule has 0 aliphatic heterocycles. The highest BCUT2D eigenvalue weighted by atomic mass is 35.5. The summed E-state index contributed by atoms with van der Waals surface area (Å²) in [6, 6.07) is 10.3. The Morgan fingerprint density at radius 1 is 1.00 bits per heavy atom. The second kappa shape index (κ2) is 9.91. The van der Waals surface area contributed by atoms with Gasteiger partial charge in [0.2, 0.25) is 0 Å². The van der Waals surface area contributed by atoms with Crippen LogP contribution >= 0.6 is 23.2 Å². The molecule has 0 saturated carbocycles. The number of aromatic nitrogens is 3. The summed E-state index contributed by atoms with van der Waals surface area (Å²) in [5.74, 6) is -0.937. The first kappa shape index (κ1) is 25.1. The van der Waals surface area contributed by atoms with Crippen LogP contribution in [0.5, 0.6) is 0 Å². The number of hydrogen-bond donors (Lipinski definition) is 4. The number of halogens is 5. The third kappa shape index (κ3) is 5.61. The van der Waals surface area contributed by atoms with Crippen LogP contribution in [0.25, 0.3) is 16.6 Å². The van der Waals surface area contributed by atoms with Gasteiger partial charge in [-0.15, -0.1) is 0 Å². The molecule has 0 radical (unpaired) electrons. The average molecular weight is 538 g/mol. The Bertz CT molecular complexity index is 1460. The van der Waals surface area contributed by atoms with E-state index in [0.29, 0.717) is 22.0 Å². The maximum atomic E-state index is 12.6. The number of hydrogen-bond acceptors (Lipinski definition) is 5. The van der Waals surface area contributed by atoms with Gasteiger partial charge in [-0.25, -0.2) is 14.3 Å². The van der Waals surface area contributed by atoms with Crippen molar-refractivity contribution in [1.29, 1.82) is 0 Å². The van der Waals surface area contributed by atoms with Crippen molar-refractivity contribution in [2.45, 2.75) is 6.18 Å². The summed E-state index contributed by atoms with van der Waals surface area (Å²) in [7, 11) is 0. The van der Waals surface area contributed by atoms with E-state index in [4.69, 9.17) is 28.9 Å². The molecule has 186 valence electrons. The molecular formula is C22H16Cl2F3N7O2.